The number of amides is 3. The molecular weight excluding hydrogens is 633 g/mol. The number of nitrogens with one attached hydrogen (secondary N) is 5. The maximum atomic E-state index is 13.1. The van der Waals surface area contributed by atoms with Gasteiger partial charge in [-0.15, -0.1) is 0 Å². The first kappa shape index (κ1) is 33.5. The molecule has 0 spiro atoms. The van der Waals surface area contributed by atoms with Crippen LogP contribution in [0.3, 0.4) is 0 Å². The van der Waals surface area contributed by atoms with Crippen LogP contribution in [0.2, 0.25) is 0 Å². The Balaban J connectivity index is 1.13. The van der Waals surface area contributed by atoms with Crippen LogP contribution in [0, 0.1) is 13.8 Å². The number of benzene rings is 3. The molecule has 0 unspecified atom stereocenters. The Bertz CT molecular complexity index is 1940. The fraction of sp³-hybridized carbons (Fsp3) is 0.270. The van der Waals surface area contributed by atoms with Crippen molar-refractivity contribution in [2.45, 2.75) is 39.3 Å². The highest BCUT2D eigenvalue weighted by molar-refractivity contribution is 6.35. The summed E-state index contributed by atoms with van der Waals surface area (Å²) >= 11 is 0. The number of hydrogen-bond acceptors (Lipinski definition) is 5. The molecule has 1 aromatic heterocycles. The Labute approximate surface area is 282 Å². The first-order chi connectivity index (χ1) is 23.5. The minimum absolute atomic E-state index is 0.112. The van der Waals surface area contributed by atoms with Crippen molar-refractivity contribution in [1.29, 1.82) is 0 Å². The second-order valence-corrected chi connectivity index (χ2v) is 12.3. The predicted octanol–water partition coefficient (Wildman–Crippen LogP) is 7.35. The Morgan fingerprint density at radius 1 is 0.898 bits per heavy atom. The summed E-state index contributed by atoms with van der Waals surface area (Å²) in [5, 5.41) is 11.8. The number of aromatic nitrogens is 1. The zero-order chi connectivity index (χ0) is 34.7. The van der Waals surface area contributed by atoms with E-state index in [0.29, 0.717) is 51.7 Å². The lowest BCUT2D eigenvalue weighted by Crippen LogP contribution is -2.37. The average molecular weight is 671 g/mol. The molecular formula is C37H37F3N6O3. The predicted molar refractivity (Wildman–Crippen MR) is 185 cm³/mol. The van der Waals surface area contributed by atoms with E-state index in [-0.39, 0.29) is 17.4 Å². The molecule has 49 heavy (non-hydrogen) atoms. The van der Waals surface area contributed by atoms with E-state index in [2.05, 4.69) is 31.2 Å². The second-order valence-electron chi connectivity index (χ2n) is 12.3. The van der Waals surface area contributed by atoms with Crippen LogP contribution in [0.5, 0.6) is 0 Å². The molecule has 0 radical (unpaired) electrons. The third kappa shape index (κ3) is 7.70. The minimum atomic E-state index is -4.56. The number of halogens is 3. The molecule has 3 heterocycles. The number of hydrogen-bond donors (Lipinski definition) is 5. The SMILES string of the molecule is Cc1[nH]c(/C=C2\C(=O)Nc3cc(Nc4cccc(NC(=O)c5cccc(C(F)(F)F)c5)c4)ccc32)c(C)c1C(=O)NCCN1CCCCC1. The van der Waals surface area contributed by atoms with Gasteiger partial charge in [0.25, 0.3) is 17.7 Å². The van der Waals surface area contributed by atoms with E-state index in [4.69, 9.17) is 0 Å². The number of H-pyrrole nitrogens is 1. The summed E-state index contributed by atoms with van der Waals surface area (Å²) in [4.78, 5) is 44.5. The van der Waals surface area contributed by atoms with Crippen molar-refractivity contribution in [2.75, 3.05) is 42.1 Å². The molecule has 0 atom stereocenters. The van der Waals surface area contributed by atoms with Crippen LogP contribution < -0.4 is 21.3 Å². The van der Waals surface area contributed by atoms with E-state index < -0.39 is 17.6 Å². The van der Waals surface area contributed by atoms with Crippen LogP contribution in [-0.2, 0) is 11.0 Å². The van der Waals surface area contributed by atoms with Gasteiger partial charge < -0.3 is 31.2 Å². The van der Waals surface area contributed by atoms with Crippen LogP contribution in [0.4, 0.5) is 35.9 Å². The number of nitrogens with zero attached hydrogens (tertiary/aromatic N) is 1. The van der Waals surface area contributed by atoms with Gasteiger partial charge in [0.2, 0.25) is 0 Å². The van der Waals surface area contributed by atoms with E-state index >= 15 is 0 Å². The largest absolute Gasteiger partial charge is 0.416 e. The average Bonchev–Trinajstić information content (AvgIpc) is 3.54. The van der Waals surface area contributed by atoms with Crippen molar-refractivity contribution in [3.05, 3.63) is 106 Å². The van der Waals surface area contributed by atoms with Crippen molar-refractivity contribution < 1.29 is 27.6 Å². The van der Waals surface area contributed by atoms with Crippen LogP contribution >= 0.6 is 0 Å². The lowest BCUT2D eigenvalue weighted by molar-refractivity contribution is -0.137. The van der Waals surface area contributed by atoms with E-state index in [1.165, 1.54) is 31.4 Å². The number of piperidine rings is 1. The van der Waals surface area contributed by atoms with Gasteiger partial charge in [-0.1, -0.05) is 24.6 Å². The lowest BCUT2D eigenvalue weighted by Gasteiger charge is -2.26. The molecule has 0 saturated carbocycles. The number of aromatic amines is 1. The van der Waals surface area contributed by atoms with Crippen LogP contribution in [-0.4, -0.2) is 53.8 Å². The third-order valence-corrected chi connectivity index (χ3v) is 8.82. The van der Waals surface area contributed by atoms with Gasteiger partial charge in [0, 0.05) is 52.7 Å². The number of carbonyl (C=O) groups excluding carboxylic acids is 3. The number of likely N-dealkylation sites (tertiary alicyclic amines) is 1. The van der Waals surface area contributed by atoms with Crippen molar-refractivity contribution in [3.63, 3.8) is 0 Å². The van der Waals surface area contributed by atoms with Gasteiger partial charge in [-0.2, -0.15) is 13.2 Å². The number of carbonyl (C=O) groups is 3. The molecule has 2 aliphatic rings. The summed E-state index contributed by atoms with van der Waals surface area (Å²) in [6, 6.07) is 16.4. The van der Waals surface area contributed by atoms with Gasteiger partial charge in [-0.3, -0.25) is 14.4 Å². The van der Waals surface area contributed by atoms with Gasteiger partial charge in [-0.05, 0) is 99.9 Å². The van der Waals surface area contributed by atoms with Crippen molar-refractivity contribution in [3.8, 4) is 0 Å². The van der Waals surface area contributed by atoms with Crippen molar-refractivity contribution in [2.24, 2.45) is 0 Å². The number of rotatable bonds is 9. The van der Waals surface area contributed by atoms with Gasteiger partial charge in [0.05, 0.1) is 22.4 Å². The summed E-state index contributed by atoms with van der Waals surface area (Å²) in [5.41, 5.74) is 5.18. The molecule has 1 saturated heterocycles. The first-order valence-corrected chi connectivity index (χ1v) is 16.2. The Morgan fingerprint density at radius 2 is 1.63 bits per heavy atom. The Kier molecular flexibility index (Phi) is 9.59. The maximum Gasteiger partial charge on any atom is 0.416 e. The first-order valence-electron chi connectivity index (χ1n) is 16.2. The Morgan fingerprint density at radius 3 is 2.41 bits per heavy atom. The van der Waals surface area contributed by atoms with E-state index in [1.54, 1.807) is 36.4 Å². The normalized spacial score (nSPS) is 15.5. The fourth-order valence-corrected chi connectivity index (χ4v) is 6.30. The molecule has 9 nitrogen and oxygen atoms in total. The third-order valence-electron chi connectivity index (χ3n) is 8.82. The molecule has 3 aromatic carbocycles. The topological polar surface area (TPSA) is 118 Å². The van der Waals surface area contributed by atoms with Crippen LogP contribution in [0.25, 0.3) is 11.6 Å². The molecule has 0 aliphatic carbocycles. The zero-order valence-electron chi connectivity index (χ0n) is 27.2. The maximum absolute atomic E-state index is 13.1. The molecule has 2 aliphatic heterocycles. The monoisotopic (exact) mass is 670 g/mol. The molecule has 6 rings (SSSR count). The van der Waals surface area contributed by atoms with Gasteiger partial charge in [0.1, 0.15) is 0 Å². The fourth-order valence-electron chi connectivity index (χ4n) is 6.30. The second kappa shape index (κ2) is 14.0. The van der Waals surface area contributed by atoms with Gasteiger partial charge in [-0.25, -0.2) is 0 Å². The summed E-state index contributed by atoms with van der Waals surface area (Å²) in [5.74, 6) is -1.08. The molecule has 1 fully saturated rings. The van der Waals surface area contributed by atoms with E-state index in [1.807, 2.05) is 26.0 Å². The summed E-state index contributed by atoms with van der Waals surface area (Å²) < 4.78 is 39.3. The number of anilines is 4. The highest BCUT2D eigenvalue weighted by Gasteiger charge is 2.31. The van der Waals surface area contributed by atoms with E-state index in [0.717, 1.165) is 43.0 Å². The minimum Gasteiger partial charge on any atom is -0.358 e. The number of fused-ring (bicyclic) bond motifs is 1. The summed E-state index contributed by atoms with van der Waals surface area (Å²) in [6.45, 7) is 7.25. The quantitative estimate of drug-likeness (QED) is 0.119. The summed E-state index contributed by atoms with van der Waals surface area (Å²) in [6.07, 6.45) is 0.863. The highest BCUT2D eigenvalue weighted by Crippen LogP contribution is 2.37. The number of alkyl halides is 3. The molecule has 5 N–H and O–H groups in total. The molecule has 3 amide bonds. The van der Waals surface area contributed by atoms with Crippen molar-refractivity contribution >= 4 is 52.1 Å². The van der Waals surface area contributed by atoms with Crippen LogP contribution in [0.1, 0.15) is 68.1 Å². The van der Waals surface area contributed by atoms with E-state index in [9.17, 15) is 27.6 Å². The van der Waals surface area contributed by atoms with Crippen molar-refractivity contribution in [1.82, 2.24) is 15.2 Å². The summed E-state index contributed by atoms with van der Waals surface area (Å²) in [7, 11) is 0. The van der Waals surface area contributed by atoms with Gasteiger partial charge >= 0.3 is 6.18 Å². The lowest BCUT2D eigenvalue weighted by atomic mass is 10.0. The molecule has 12 heteroatoms. The molecule has 254 valence electrons. The highest BCUT2D eigenvalue weighted by atomic mass is 19.4. The standard InChI is InChI=1S/C37H37F3N6O3/c1-22-31(42-23(2)33(22)36(49)41-14-17-46-15-4-3-5-16-46)21-30-29-13-12-28(20-32(29)45-35(30)48)43-26-10-7-11-27(19-26)44-34(47)24-8-6-9-25(18-24)37(38,39)40/h6-13,18-21,42-43H,3-5,14-17H2,1-2H3,(H,41,49)(H,44,47)(H,45,48)/b30-21-. The number of aryl methyl sites for hydroxylation is 1. The molecule has 4 aromatic rings. The zero-order valence-corrected chi connectivity index (χ0v) is 27.2. The molecule has 0 bridgehead atoms. The van der Waals surface area contributed by atoms with Crippen LogP contribution in [0.15, 0.2) is 66.7 Å². The van der Waals surface area contributed by atoms with Gasteiger partial charge in [0.15, 0.2) is 0 Å². The Hall–Kier alpha value is -5.36. The smallest absolute Gasteiger partial charge is 0.358 e.